The number of nitrogens with zero attached hydrogens (tertiary/aromatic N) is 1. The van der Waals surface area contributed by atoms with Gasteiger partial charge in [-0.2, -0.15) is 0 Å². The van der Waals surface area contributed by atoms with Crippen LogP contribution in [-0.4, -0.2) is 48.8 Å². The quantitative estimate of drug-likeness (QED) is 0.744. The highest BCUT2D eigenvalue weighted by Gasteiger charge is 2.25. The first-order valence-electron chi connectivity index (χ1n) is 7.18. The Hall–Kier alpha value is -0.120. The summed E-state index contributed by atoms with van der Waals surface area (Å²) in [7, 11) is 2.19. The molecule has 3 atom stereocenters. The van der Waals surface area contributed by atoms with Crippen LogP contribution in [-0.2, 0) is 0 Å². The highest BCUT2D eigenvalue weighted by atomic mass is 16.3. The smallest absolute Gasteiger partial charge is 0.0692 e. The van der Waals surface area contributed by atoms with Gasteiger partial charge in [0.15, 0.2) is 0 Å². The maximum Gasteiger partial charge on any atom is 0.0692 e. The van der Waals surface area contributed by atoms with Gasteiger partial charge in [-0.3, -0.25) is 0 Å². The molecule has 0 radical (unpaired) electrons. The Balaban J connectivity index is 2.30. The molecule has 2 N–H and O–H groups in total. The summed E-state index contributed by atoms with van der Waals surface area (Å²) in [5, 5.41) is 13.7. The minimum Gasteiger partial charge on any atom is -0.392 e. The van der Waals surface area contributed by atoms with Crippen molar-refractivity contribution in [2.75, 3.05) is 26.7 Å². The first-order chi connectivity index (χ1) is 8.08. The average Bonchev–Trinajstić information content (AvgIpc) is 2.29. The lowest BCUT2D eigenvalue weighted by atomic mass is 9.92. The molecule has 0 aromatic carbocycles. The van der Waals surface area contributed by atoms with Crippen molar-refractivity contribution in [3.8, 4) is 0 Å². The average molecular weight is 242 g/mol. The molecule has 0 amide bonds. The second kappa shape index (κ2) is 7.34. The third kappa shape index (κ3) is 4.57. The maximum atomic E-state index is 10.1. The fraction of sp³-hybridized carbons (Fsp3) is 1.00. The number of nitrogens with one attached hydrogen (secondary N) is 1. The molecule has 0 aromatic rings. The Morgan fingerprint density at radius 3 is 2.53 bits per heavy atom. The zero-order valence-corrected chi connectivity index (χ0v) is 11.9. The molecule has 0 spiro atoms. The van der Waals surface area contributed by atoms with Crippen molar-refractivity contribution in [3.05, 3.63) is 0 Å². The highest BCUT2D eigenvalue weighted by Crippen LogP contribution is 2.17. The molecule has 1 fully saturated rings. The van der Waals surface area contributed by atoms with E-state index in [9.17, 15) is 5.11 Å². The molecule has 102 valence electrons. The van der Waals surface area contributed by atoms with Gasteiger partial charge in [-0.25, -0.2) is 0 Å². The molecule has 1 saturated heterocycles. The standard InChI is InChI=1S/C14H30N2O/c1-5-12(6-2)14(17)9-15-13-7-8-16(4)10-11(13)3/h11-15,17H,5-10H2,1-4H3. The van der Waals surface area contributed by atoms with E-state index in [2.05, 4.69) is 38.0 Å². The van der Waals surface area contributed by atoms with Gasteiger partial charge in [-0.15, -0.1) is 0 Å². The highest BCUT2D eigenvalue weighted by molar-refractivity contribution is 4.83. The first kappa shape index (κ1) is 14.9. The number of rotatable bonds is 6. The summed E-state index contributed by atoms with van der Waals surface area (Å²) in [5.74, 6) is 1.13. The van der Waals surface area contributed by atoms with Gasteiger partial charge in [-0.05, 0) is 31.8 Å². The van der Waals surface area contributed by atoms with E-state index in [-0.39, 0.29) is 6.10 Å². The topological polar surface area (TPSA) is 35.5 Å². The van der Waals surface area contributed by atoms with Crippen molar-refractivity contribution in [1.29, 1.82) is 0 Å². The summed E-state index contributed by atoms with van der Waals surface area (Å²) in [6.07, 6.45) is 3.16. The van der Waals surface area contributed by atoms with Crippen LogP contribution in [0.5, 0.6) is 0 Å². The molecular formula is C14H30N2O. The molecule has 1 aliphatic heterocycles. The third-order valence-corrected chi connectivity index (χ3v) is 4.29. The van der Waals surface area contributed by atoms with E-state index in [1.54, 1.807) is 0 Å². The molecule has 0 aromatic heterocycles. The van der Waals surface area contributed by atoms with Crippen molar-refractivity contribution in [3.63, 3.8) is 0 Å². The van der Waals surface area contributed by atoms with Crippen LogP contribution < -0.4 is 5.32 Å². The maximum absolute atomic E-state index is 10.1. The Labute approximate surface area is 107 Å². The minimum atomic E-state index is -0.183. The number of piperidine rings is 1. The largest absolute Gasteiger partial charge is 0.392 e. The van der Waals surface area contributed by atoms with Crippen LogP contribution in [0.15, 0.2) is 0 Å². The second-order valence-corrected chi connectivity index (χ2v) is 5.69. The van der Waals surface area contributed by atoms with E-state index >= 15 is 0 Å². The molecular weight excluding hydrogens is 212 g/mol. The lowest BCUT2D eigenvalue weighted by Gasteiger charge is -2.36. The first-order valence-corrected chi connectivity index (χ1v) is 7.18. The number of aliphatic hydroxyl groups is 1. The third-order valence-electron chi connectivity index (χ3n) is 4.29. The molecule has 3 unspecified atom stereocenters. The van der Waals surface area contributed by atoms with Crippen LogP contribution in [0.3, 0.4) is 0 Å². The summed E-state index contributed by atoms with van der Waals surface area (Å²) in [6.45, 7) is 9.72. The molecule has 17 heavy (non-hydrogen) atoms. The Kier molecular flexibility index (Phi) is 6.45. The minimum absolute atomic E-state index is 0.183. The fourth-order valence-corrected chi connectivity index (χ4v) is 2.93. The number of likely N-dealkylation sites (tertiary alicyclic amines) is 1. The Morgan fingerprint density at radius 1 is 1.35 bits per heavy atom. The van der Waals surface area contributed by atoms with Gasteiger partial charge in [0.1, 0.15) is 0 Å². The van der Waals surface area contributed by atoms with E-state index in [1.165, 1.54) is 19.5 Å². The molecule has 1 heterocycles. The zero-order valence-electron chi connectivity index (χ0n) is 11.9. The van der Waals surface area contributed by atoms with Gasteiger partial charge in [-0.1, -0.05) is 33.6 Å². The number of aliphatic hydroxyl groups excluding tert-OH is 1. The van der Waals surface area contributed by atoms with Gasteiger partial charge in [0, 0.05) is 19.1 Å². The van der Waals surface area contributed by atoms with Gasteiger partial charge in [0.25, 0.3) is 0 Å². The summed E-state index contributed by atoms with van der Waals surface area (Å²) in [6, 6.07) is 0.579. The molecule has 0 saturated carbocycles. The van der Waals surface area contributed by atoms with Crippen molar-refractivity contribution in [2.45, 2.75) is 52.2 Å². The predicted octanol–water partition coefficient (Wildman–Crippen LogP) is 1.71. The molecule has 0 aliphatic carbocycles. The van der Waals surface area contributed by atoms with Crippen molar-refractivity contribution in [1.82, 2.24) is 10.2 Å². The predicted molar refractivity (Wildman–Crippen MR) is 73.1 cm³/mol. The van der Waals surface area contributed by atoms with Crippen molar-refractivity contribution < 1.29 is 5.11 Å². The molecule has 3 nitrogen and oxygen atoms in total. The lowest BCUT2D eigenvalue weighted by Crippen LogP contribution is -2.49. The van der Waals surface area contributed by atoms with E-state index < -0.39 is 0 Å². The van der Waals surface area contributed by atoms with E-state index in [4.69, 9.17) is 0 Å². The summed E-state index contributed by atoms with van der Waals surface area (Å²) in [5.41, 5.74) is 0. The van der Waals surface area contributed by atoms with Gasteiger partial charge < -0.3 is 15.3 Å². The summed E-state index contributed by atoms with van der Waals surface area (Å²) < 4.78 is 0. The Bertz CT molecular complexity index is 206. The zero-order chi connectivity index (χ0) is 12.8. The molecule has 1 aliphatic rings. The van der Waals surface area contributed by atoms with Gasteiger partial charge >= 0.3 is 0 Å². The van der Waals surface area contributed by atoms with E-state index in [1.807, 2.05) is 0 Å². The van der Waals surface area contributed by atoms with Crippen LogP contribution in [0.2, 0.25) is 0 Å². The lowest BCUT2D eigenvalue weighted by molar-refractivity contribution is 0.0877. The molecule has 1 rings (SSSR count). The van der Waals surface area contributed by atoms with Crippen LogP contribution in [0.1, 0.15) is 40.0 Å². The van der Waals surface area contributed by atoms with Crippen LogP contribution in [0.4, 0.5) is 0 Å². The van der Waals surface area contributed by atoms with Crippen LogP contribution in [0.25, 0.3) is 0 Å². The summed E-state index contributed by atoms with van der Waals surface area (Å²) in [4.78, 5) is 2.39. The number of hydrogen-bond acceptors (Lipinski definition) is 3. The number of hydrogen-bond donors (Lipinski definition) is 2. The SMILES string of the molecule is CCC(CC)C(O)CNC1CCN(C)CC1C. The van der Waals surface area contributed by atoms with E-state index in [0.717, 1.165) is 19.4 Å². The van der Waals surface area contributed by atoms with E-state index in [0.29, 0.717) is 17.9 Å². The second-order valence-electron chi connectivity index (χ2n) is 5.69. The normalized spacial score (nSPS) is 28.6. The molecule has 3 heteroatoms. The Morgan fingerprint density at radius 2 is 2.00 bits per heavy atom. The van der Waals surface area contributed by atoms with Crippen molar-refractivity contribution >= 4 is 0 Å². The van der Waals surface area contributed by atoms with Gasteiger partial charge in [0.2, 0.25) is 0 Å². The monoisotopic (exact) mass is 242 g/mol. The fourth-order valence-electron chi connectivity index (χ4n) is 2.93. The van der Waals surface area contributed by atoms with Gasteiger partial charge in [0.05, 0.1) is 6.10 Å². The van der Waals surface area contributed by atoms with Crippen LogP contribution >= 0.6 is 0 Å². The summed E-state index contributed by atoms with van der Waals surface area (Å²) >= 11 is 0. The van der Waals surface area contributed by atoms with Crippen molar-refractivity contribution in [2.24, 2.45) is 11.8 Å². The van der Waals surface area contributed by atoms with Crippen LogP contribution in [0, 0.1) is 11.8 Å². The molecule has 0 bridgehead atoms.